The minimum Gasteiger partial charge on any atom is -0.477 e. The largest absolute Gasteiger partial charge is 0.477 e. The van der Waals surface area contributed by atoms with Crippen molar-refractivity contribution in [3.8, 4) is 0 Å². The number of benzene rings is 1. The number of amides is 6. The van der Waals surface area contributed by atoms with Gasteiger partial charge >= 0.3 is 18.0 Å². The van der Waals surface area contributed by atoms with Crippen molar-refractivity contribution < 1.29 is 29.1 Å². The van der Waals surface area contributed by atoms with E-state index in [9.17, 15) is 29.1 Å². The molecule has 0 radical (unpaired) electrons. The zero-order valence-corrected chi connectivity index (χ0v) is 17.8. The molecule has 0 unspecified atom stereocenters. The molecule has 3 atom stereocenters. The molecule has 3 aliphatic rings. The minimum absolute atomic E-state index is 0.0581. The monoisotopic (exact) mass is 459 g/mol. The number of thioether (sulfide) groups is 1. The second kappa shape index (κ2) is 8.54. The molecule has 1 aromatic carbocycles. The van der Waals surface area contributed by atoms with Crippen LogP contribution in [0.3, 0.4) is 0 Å². The van der Waals surface area contributed by atoms with E-state index < -0.39 is 47.3 Å². The van der Waals surface area contributed by atoms with Crippen LogP contribution in [-0.4, -0.2) is 75.0 Å². The summed E-state index contributed by atoms with van der Waals surface area (Å²) < 4.78 is 0. The normalized spacial score (nSPS) is 23.2. The van der Waals surface area contributed by atoms with E-state index in [-0.39, 0.29) is 12.2 Å². The predicted molar refractivity (Wildman–Crippen MR) is 113 cm³/mol. The summed E-state index contributed by atoms with van der Waals surface area (Å²) in [5, 5.41) is 16.6. The number of aliphatic carboxylic acids is 1. The number of nitrogens with one attached hydrogen (secondary N) is 3. The Labute approximate surface area is 187 Å². The highest BCUT2D eigenvalue weighted by Gasteiger charge is 2.54. The summed E-state index contributed by atoms with van der Waals surface area (Å²) in [7, 11) is 0. The average Bonchev–Trinajstić information content (AvgIpc) is 3.21. The number of nitrogens with zero attached hydrogens (tertiary/aromatic N) is 2. The van der Waals surface area contributed by atoms with Gasteiger partial charge in [-0.1, -0.05) is 30.3 Å². The van der Waals surface area contributed by atoms with Gasteiger partial charge in [0.2, 0.25) is 5.91 Å². The summed E-state index contributed by atoms with van der Waals surface area (Å²) in [6.07, 6.45) is 0. The predicted octanol–water partition coefficient (Wildman–Crippen LogP) is 0.221. The van der Waals surface area contributed by atoms with E-state index >= 15 is 0 Å². The summed E-state index contributed by atoms with van der Waals surface area (Å²) in [5.41, 5.74) is 0.993. The van der Waals surface area contributed by atoms with E-state index in [0.717, 1.165) is 4.90 Å². The second-order valence-electron chi connectivity index (χ2n) is 7.51. The molecule has 3 aliphatic heterocycles. The number of carbonyl (C=O) groups excluding carboxylic acids is 4. The lowest BCUT2D eigenvalue weighted by atomic mass is 10.0. The van der Waals surface area contributed by atoms with Crippen molar-refractivity contribution in [3.05, 3.63) is 47.2 Å². The lowest BCUT2D eigenvalue weighted by Gasteiger charge is -2.49. The van der Waals surface area contributed by atoms with Crippen LogP contribution in [0.2, 0.25) is 0 Å². The maximum atomic E-state index is 13.1. The Hall–Kier alpha value is -3.54. The quantitative estimate of drug-likeness (QED) is 0.461. The van der Waals surface area contributed by atoms with Crippen LogP contribution in [0.5, 0.6) is 0 Å². The Morgan fingerprint density at radius 1 is 1.22 bits per heavy atom. The summed E-state index contributed by atoms with van der Waals surface area (Å²) >= 11 is 1.36. The molecule has 32 heavy (non-hydrogen) atoms. The van der Waals surface area contributed by atoms with Crippen LogP contribution >= 0.6 is 11.8 Å². The van der Waals surface area contributed by atoms with E-state index in [4.69, 9.17) is 0 Å². The van der Waals surface area contributed by atoms with E-state index in [1.165, 1.54) is 16.7 Å². The van der Waals surface area contributed by atoms with Gasteiger partial charge in [-0.05, 0) is 18.1 Å². The van der Waals surface area contributed by atoms with Crippen molar-refractivity contribution in [2.24, 2.45) is 0 Å². The van der Waals surface area contributed by atoms with Gasteiger partial charge in [-0.25, -0.2) is 19.3 Å². The van der Waals surface area contributed by atoms with E-state index in [1.54, 1.807) is 37.3 Å². The third-order valence-corrected chi connectivity index (χ3v) is 6.85. The van der Waals surface area contributed by atoms with Crippen LogP contribution < -0.4 is 16.0 Å². The molecular formula is C20H21N5O6S. The summed E-state index contributed by atoms with van der Waals surface area (Å²) in [6.45, 7) is 2.15. The SMILES string of the molecule is CC1=C(C(=O)O)N2C(=O)[C@H](NC(=O)[C@@H](NC(=O)N3CCNC3=O)c3ccccc3)[C@H]2SC1. The highest BCUT2D eigenvalue weighted by atomic mass is 32.2. The molecule has 12 heteroatoms. The zero-order chi connectivity index (χ0) is 23.0. The molecule has 168 valence electrons. The van der Waals surface area contributed by atoms with Gasteiger partial charge in [0.15, 0.2) is 0 Å². The van der Waals surface area contributed by atoms with Gasteiger partial charge in [0.25, 0.3) is 5.91 Å². The topological polar surface area (TPSA) is 148 Å². The van der Waals surface area contributed by atoms with Crippen LogP contribution in [0.1, 0.15) is 18.5 Å². The molecule has 0 bridgehead atoms. The summed E-state index contributed by atoms with van der Waals surface area (Å²) in [6, 6.07) is 5.08. The Balaban J connectivity index is 1.51. The maximum absolute atomic E-state index is 13.1. The fourth-order valence-corrected chi connectivity index (χ4v) is 5.12. The highest BCUT2D eigenvalue weighted by molar-refractivity contribution is 8.00. The Bertz CT molecular complexity index is 1030. The van der Waals surface area contributed by atoms with Gasteiger partial charge in [-0.2, -0.15) is 0 Å². The first kappa shape index (κ1) is 21.7. The van der Waals surface area contributed by atoms with Gasteiger partial charge in [0.1, 0.15) is 23.2 Å². The lowest BCUT2D eigenvalue weighted by Crippen LogP contribution is -2.71. The molecule has 0 spiro atoms. The summed E-state index contributed by atoms with van der Waals surface area (Å²) in [5.74, 6) is -1.93. The smallest absolute Gasteiger partial charge is 0.352 e. The third-order valence-electron chi connectivity index (χ3n) is 5.42. The van der Waals surface area contributed by atoms with Crippen LogP contribution in [-0.2, 0) is 14.4 Å². The fourth-order valence-electron chi connectivity index (χ4n) is 3.82. The second-order valence-corrected chi connectivity index (χ2v) is 8.61. The van der Waals surface area contributed by atoms with Crippen LogP contribution in [0.15, 0.2) is 41.6 Å². The number of urea groups is 2. The Morgan fingerprint density at radius 3 is 2.56 bits per heavy atom. The van der Waals surface area contributed by atoms with Crippen LogP contribution in [0.25, 0.3) is 0 Å². The molecular weight excluding hydrogens is 438 g/mol. The van der Waals surface area contributed by atoms with Crippen molar-refractivity contribution in [2.75, 3.05) is 18.8 Å². The molecule has 6 amide bonds. The average molecular weight is 459 g/mol. The number of fused-ring (bicyclic) bond motifs is 1. The molecule has 3 heterocycles. The minimum atomic E-state index is -1.19. The Morgan fingerprint density at radius 2 is 1.94 bits per heavy atom. The van der Waals surface area contributed by atoms with Crippen LogP contribution in [0, 0.1) is 0 Å². The fraction of sp³-hybridized carbons (Fsp3) is 0.350. The van der Waals surface area contributed by atoms with Crippen molar-refractivity contribution in [1.82, 2.24) is 25.8 Å². The zero-order valence-electron chi connectivity index (χ0n) is 17.0. The Kier molecular flexibility index (Phi) is 5.78. The number of imide groups is 1. The molecule has 0 aromatic heterocycles. The van der Waals surface area contributed by atoms with Gasteiger partial charge in [-0.3, -0.25) is 14.5 Å². The molecule has 4 N–H and O–H groups in total. The van der Waals surface area contributed by atoms with E-state index in [1.807, 2.05) is 0 Å². The number of rotatable bonds is 5. The summed E-state index contributed by atoms with van der Waals surface area (Å²) in [4.78, 5) is 63.9. The van der Waals surface area contributed by atoms with E-state index in [0.29, 0.717) is 23.4 Å². The first-order valence-corrected chi connectivity index (χ1v) is 10.9. The standard InChI is InChI=1S/C20H21N5O6S/c1-10-9-32-17-13(16(27)25(17)14(10)18(28)29)22-15(26)12(11-5-3-2-4-6-11)23-20(31)24-8-7-21-19(24)30/h2-6,12-13,17H,7-9H2,1H3,(H,21,30)(H,22,26)(H,23,31)(H,28,29)/t12-,13-,17+/m0/s1. The first-order chi connectivity index (χ1) is 15.3. The number of hydrogen-bond donors (Lipinski definition) is 4. The number of β-lactam (4-membered cyclic amide) rings is 1. The van der Waals surface area contributed by atoms with Gasteiger partial charge in [0.05, 0.1) is 0 Å². The van der Waals surface area contributed by atoms with Gasteiger partial charge in [-0.15, -0.1) is 11.8 Å². The molecule has 2 saturated heterocycles. The molecule has 0 saturated carbocycles. The number of carboxylic acid groups (broad SMARTS) is 1. The molecule has 2 fully saturated rings. The van der Waals surface area contributed by atoms with Crippen molar-refractivity contribution in [2.45, 2.75) is 24.4 Å². The molecule has 1 aromatic rings. The first-order valence-electron chi connectivity index (χ1n) is 9.88. The number of hydrogen-bond acceptors (Lipinski definition) is 6. The maximum Gasteiger partial charge on any atom is 0.352 e. The molecule has 4 rings (SSSR count). The van der Waals surface area contributed by atoms with Gasteiger partial charge < -0.3 is 21.1 Å². The third kappa shape index (κ3) is 3.77. The van der Waals surface area contributed by atoms with Crippen molar-refractivity contribution in [1.29, 1.82) is 0 Å². The number of carbonyl (C=O) groups is 5. The van der Waals surface area contributed by atoms with Crippen LogP contribution in [0.4, 0.5) is 9.59 Å². The number of carboxylic acids is 1. The van der Waals surface area contributed by atoms with Gasteiger partial charge in [0, 0.05) is 18.8 Å². The lowest BCUT2D eigenvalue weighted by molar-refractivity contribution is -0.151. The van der Waals surface area contributed by atoms with E-state index in [2.05, 4.69) is 16.0 Å². The highest BCUT2D eigenvalue weighted by Crippen LogP contribution is 2.40. The van der Waals surface area contributed by atoms with Crippen molar-refractivity contribution >= 4 is 41.6 Å². The molecule has 0 aliphatic carbocycles. The van der Waals surface area contributed by atoms with Crippen molar-refractivity contribution in [3.63, 3.8) is 0 Å². The molecule has 11 nitrogen and oxygen atoms in total.